The molecule has 0 aliphatic heterocycles. The Balaban J connectivity index is 3.87. The zero-order valence-corrected chi connectivity index (χ0v) is 7.80. The van der Waals surface area contributed by atoms with Crippen LogP contribution in [0.15, 0.2) is 0 Å². The first-order chi connectivity index (χ1) is 4.34. The molecule has 0 fully saturated rings. The van der Waals surface area contributed by atoms with Crippen molar-refractivity contribution in [2.24, 2.45) is 0 Å². The van der Waals surface area contributed by atoms with Gasteiger partial charge in [-0.3, -0.25) is 0 Å². The summed E-state index contributed by atoms with van der Waals surface area (Å²) >= 11 is 15.6. The normalized spacial score (nSPS) is 11.8. The number of carbonyl (C=O) groups excluding carboxylic acids is 1. The molecule has 0 atom stereocenters. The monoisotopic (exact) mass is 204 g/mol. The van der Waals surface area contributed by atoms with E-state index >= 15 is 0 Å². The van der Waals surface area contributed by atoms with Gasteiger partial charge in [-0.05, 0) is 13.8 Å². The van der Waals surface area contributed by atoms with Crippen molar-refractivity contribution in [3.8, 4) is 0 Å². The second-order valence-electron chi connectivity index (χ2n) is 1.95. The molecule has 0 rings (SSSR count). The van der Waals surface area contributed by atoms with Crippen molar-refractivity contribution in [3.63, 3.8) is 0 Å². The van der Waals surface area contributed by atoms with E-state index in [0.29, 0.717) is 0 Å². The summed E-state index contributed by atoms with van der Waals surface area (Å²) in [6.07, 6.45) is -0.261. The molecule has 0 aromatic heterocycles. The Labute approximate surface area is 74.4 Å². The molecule has 0 saturated carbocycles. The summed E-state index contributed by atoms with van der Waals surface area (Å²) in [7, 11) is 0. The van der Waals surface area contributed by atoms with Gasteiger partial charge in [-0.25, -0.2) is 4.79 Å². The van der Waals surface area contributed by atoms with Crippen LogP contribution in [0, 0.1) is 0 Å². The van der Waals surface area contributed by atoms with Crippen LogP contribution in [0.25, 0.3) is 0 Å². The third-order valence-corrected chi connectivity index (χ3v) is 1.04. The largest absolute Gasteiger partial charge is 0.460 e. The predicted octanol–water partition coefficient (Wildman–Crippen LogP) is 2.31. The Morgan fingerprint density at radius 1 is 1.40 bits per heavy atom. The van der Waals surface area contributed by atoms with Gasteiger partial charge in [0.2, 0.25) is 0 Å². The van der Waals surface area contributed by atoms with E-state index in [1.807, 2.05) is 0 Å². The van der Waals surface area contributed by atoms with Crippen LogP contribution in [0.2, 0.25) is 0 Å². The van der Waals surface area contributed by atoms with Crippen LogP contribution in [-0.4, -0.2) is 15.9 Å². The van der Waals surface area contributed by atoms with E-state index in [9.17, 15) is 4.79 Å². The molecular formula is C5H7Cl3O2. The fourth-order valence-corrected chi connectivity index (χ4v) is 0.415. The second kappa shape index (κ2) is 3.65. The van der Waals surface area contributed by atoms with Gasteiger partial charge in [-0.2, -0.15) is 0 Å². The lowest BCUT2D eigenvalue weighted by atomic mass is 10.5. The molecule has 0 saturated heterocycles. The minimum absolute atomic E-state index is 0.261. The van der Waals surface area contributed by atoms with Crippen molar-refractivity contribution >= 4 is 40.8 Å². The maximum Gasteiger partial charge on any atom is 0.358 e. The first-order valence-electron chi connectivity index (χ1n) is 2.62. The standard InChI is InChI=1S/C5H7Cl3O2/c1-3(2)10-4(9)5(6,7)8/h3H,1-2H3. The molecule has 0 unspecified atom stereocenters. The van der Waals surface area contributed by atoms with Gasteiger partial charge < -0.3 is 4.74 Å². The van der Waals surface area contributed by atoms with E-state index in [4.69, 9.17) is 34.8 Å². The van der Waals surface area contributed by atoms with Crippen LogP contribution in [0.5, 0.6) is 0 Å². The molecule has 0 aliphatic rings. The molecule has 60 valence electrons. The van der Waals surface area contributed by atoms with Gasteiger partial charge in [0.1, 0.15) is 0 Å². The van der Waals surface area contributed by atoms with Crippen molar-refractivity contribution in [1.82, 2.24) is 0 Å². The minimum atomic E-state index is -1.95. The minimum Gasteiger partial charge on any atom is -0.460 e. The summed E-state index contributed by atoms with van der Waals surface area (Å²) in [6, 6.07) is 0. The number of halogens is 3. The highest BCUT2D eigenvalue weighted by molar-refractivity contribution is 6.75. The number of ether oxygens (including phenoxy) is 1. The molecule has 0 radical (unpaired) electrons. The number of hydrogen-bond acceptors (Lipinski definition) is 2. The molecule has 0 heterocycles. The zero-order chi connectivity index (χ0) is 8.36. The summed E-state index contributed by atoms with van der Waals surface area (Å²) in [5, 5.41) is 0. The zero-order valence-electron chi connectivity index (χ0n) is 5.53. The van der Waals surface area contributed by atoms with Crippen LogP contribution >= 0.6 is 34.8 Å². The van der Waals surface area contributed by atoms with E-state index in [1.165, 1.54) is 0 Å². The second-order valence-corrected chi connectivity index (χ2v) is 4.23. The molecule has 10 heavy (non-hydrogen) atoms. The van der Waals surface area contributed by atoms with Gasteiger partial charge in [0.15, 0.2) is 0 Å². The van der Waals surface area contributed by atoms with Gasteiger partial charge in [0.05, 0.1) is 6.10 Å². The number of hydrogen-bond donors (Lipinski definition) is 0. The van der Waals surface area contributed by atoms with E-state index in [-0.39, 0.29) is 6.10 Å². The molecule has 2 nitrogen and oxygen atoms in total. The van der Waals surface area contributed by atoms with Crippen LogP contribution in [0.1, 0.15) is 13.8 Å². The van der Waals surface area contributed by atoms with Crippen LogP contribution in [0.3, 0.4) is 0 Å². The van der Waals surface area contributed by atoms with Gasteiger partial charge in [-0.15, -0.1) is 0 Å². The van der Waals surface area contributed by atoms with Crippen LogP contribution < -0.4 is 0 Å². The van der Waals surface area contributed by atoms with Crippen molar-refractivity contribution < 1.29 is 9.53 Å². The summed E-state index contributed by atoms with van der Waals surface area (Å²) in [4.78, 5) is 10.7. The molecule has 0 amide bonds. The van der Waals surface area contributed by atoms with Gasteiger partial charge >= 0.3 is 5.97 Å². The van der Waals surface area contributed by atoms with Gasteiger partial charge in [0, 0.05) is 0 Å². The first kappa shape index (κ1) is 10.3. The lowest BCUT2D eigenvalue weighted by molar-refractivity contribution is -0.146. The molecular weight excluding hydrogens is 198 g/mol. The summed E-state index contributed by atoms with van der Waals surface area (Å²) in [5.74, 6) is -0.840. The van der Waals surface area contributed by atoms with E-state index < -0.39 is 9.76 Å². The van der Waals surface area contributed by atoms with E-state index in [1.54, 1.807) is 13.8 Å². The SMILES string of the molecule is CC(C)OC(=O)C(Cl)(Cl)Cl. The number of carbonyl (C=O) groups is 1. The Morgan fingerprint density at radius 2 is 1.80 bits per heavy atom. The maximum atomic E-state index is 10.7. The Hall–Kier alpha value is 0.340. The van der Waals surface area contributed by atoms with Gasteiger partial charge in [-0.1, -0.05) is 34.8 Å². The maximum absolute atomic E-state index is 10.7. The lowest BCUT2D eigenvalue weighted by Gasteiger charge is -2.12. The third-order valence-electron chi connectivity index (χ3n) is 0.574. The molecule has 0 aromatic rings. The Kier molecular flexibility index (Phi) is 3.77. The lowest BCUT2D eigenvalue weighted by Crippen LogP contribution is -2.24. The number of alkyl halides is 3. The molecule has 0 aliphatic carbocycles. The predicted molar refractivity (Wildman–Crippen MR) is 41.5 cm³/mol. The van der Waals surface area contributed by atoms with Crippen molar-refractivity contribution in [3.05, 3.63) is 0 Å². The molecule has 0 bridgehead atoms. The van der Waals surface area contributed by atoms with Crippen molar-refractivity contribution in [2.45, 2.75) is 23.7 Å². The first-order valence-corrected chi connectivity index (χ1v) is 3.75. The third kappa shape index (κ3) is 4.20. The number of rotatable bonds is 1. The number of esters is 1. The van der Waals surface area contributed by atoms with E-state index in [2.05, 4.69) is 4.74 Å². The van der Waals surface area contributed by atoms with Crippen LogP contribution in [0.4, 0.5) is 0 Å². The van der Waals surface area contributed by atoms with Crippen molar-refractivity contribution in [1.29, 1.82) is 0 Å². The van der Waals surface area contributed by atoms with Crippen LogP contribution in [-0.2, 0) is 9.53 Å². The van der Waals surface area contributed by atoms with E-state index in [0.717, 1.165) is 0 Å². The quantitative estimate of drug-likeness (QED) is 0.485. The highest BCUT2D eigenvalue weighted by Crippen LogP contribution is 2.27. The topological polar surface area (TPSA) is 26.3 Å². The summed E-state index contributed by atoms with van der Waals surface area (Å²) in [6.45, 7) is 3.35. The summed E-state index contributed by atoms with van der Waals surface area (Å²) in [5.41, 5.74) is 0. The van der Waals surface area contributed by atoms with Gasteiger partial charge in [0.25, 0.3) is 3.79 Å². The fourth-order valence-electron chi connectivity index (χ4n) is 0.281. The molecule has 0 N–H and O–H groups in total. The smallest absolute Gasteiger partial charge is 0.358 e. The highest BCUT2D eigenvalue weighted by Gasteiger charge is 2.33. The average molecular weight is 205 g/mol. The Bertz CT molecular complexity index is 127. The van der Waals surface area contributed by atoms with Crippen molar-refractivity contribution in [2.75, 3.05) is 0 Å². The fraction of sp³-hybridized carbons (Fsp3) is 0.800. The molecule has 0 spiro atoms. The summed E-state index contributed by atoms with van der Waals surface area (Å²) < 4.78 is 2.63. The average Bonchev–Trinajstić information content (AvgIpc) is 1.60. The molecule has 0 aromatic carbocycles. The highest BCUT2D eigenvalue weighted by atomic mass is 35.6. The Morgan fingerprint density at radius 3 is 1.90 bits per heavy atom. The molecule has 5 heteroatoms.